The molecule has 1 aromatic rings. The highest BCUT2D eigenvalue weighted by Crippen LogP contribution is 2.27. The average Bonchev–Trinajstić information content (AvgIpc) is 2.72. The molecule has 0 saturated heterocycles. The first kappa shape index (κ1) is 15.7. The van der Waals surface area contributed by atoms with Crippen molar-refractivity contribution < 1.29 is 27.2 Å². The lowest BCUT2D eigenvalue weighted by Gasteiger charge is -2.16. The molecular formula is C15H9F4NO2. The van der Waals surface area contributed by atoms with Gasteiger partial charge < -0.3 is 0 Å². The highest BCUT2D eigenvalue weighted by atomic mass is 19.2. The van der Waals surface area contributed by atoms with Gasteiger partial charge in [-0.15, -0.1) is 0 Å². The van der Waals surface area contributed by atoms with Crippen molar-refractivity contribution in [1.29, 1.82) is 0 Å². The molecule has 2 rings (SSSR count). The van der Waals surface area contributed by atoms with Gasteiger partial charge >= 0.3 is 0 Å². The topological polar surface area (TPSA) is 37.4 Å². The molecule has 1 aliphatic rings. The molecule has 0 bridgehead atoms. The van der Waals surface area contributed by atoms with Crippen molar-refractivity contribution in [3.8, 4) is 0 Å². The van der Waals surface area contributed by atoms with E-state index in [2.05, 4.69) is 13.2 Å². The molecule has 0 spiro atoms. The number of halogens is 4. The van der Waals surface area contributed by atoms with E-state index in [0.29, 0.717) is 4.90 Å². The summed E-state index contributed by atoms with van der Waals surface area (Å²) >= 11 is 0. The van der Waals surface area contributed by atoms with Crippen molar-refractivity contribution in [2.45, 2.75) is 6.54 Å². The summed E-state index contributed by atoms with van der Waals surface area (Å²) in [4.78, 5) is 24.5. The maximum atomic E-state index is 13.6. The number of carbonyl (C=O) groups is 2. The first-order valence-electron chi connectivity index (χ1n) is 6.00. The third-order valence-corrected chi connectivity index (χ3v) is 3.17. The van der Waals surface area contributed by atoms with Crippen LogP contribution in [0, 0.1) is 23.3 Å². The second-order valence-electron chi connectivity index (χ2n) is 4.38. The highest BCUT2D eigenvalue weighted by Gasteiger charge is 2.36. The molecule has 114 valence electrons. The molecule has 3 nitrogen and oxygen atoms in total. The molecule has 0 radical (unpaired) electrons. The molecule has 0 aromatic heterocycles. The minimum Gasteiger partial charge on any atom is -0.270 e. The lowest BCUT2D eigenvalue weighted by Crippen LogP contribution is -2.32. The van der Waals surface area contributed by atoms with E-state index in [4.69, 9.17) is 0 Å². The molecule has 2 amide bonds. The van der Waals surface area contributed by atoms with Crippen LogP contribution in [0.2, 0.25) is 0 Å². The second kappa shape index (κ2) is 5.59. The maximum Gasteiger partial charge on any atom is 0.261 e. The fraction of sp³-hybridized carbons (Fsp3) is 0.0667. The van der Waals surface area contributed by atoms with Crippen molar-refractivity contribution in [3.63, 3.8) is 0 Å². The third-order valence-electron chi connectivity index (χ3n) is 3.17. The summed E-state index contributed by atoms with van der Waals surface area (Å²) in [5.41, 5.74) is -1.25. The van der Waals surface area contributed by atoms with Gasteiger partial charge in [0.15, 0.2) is 23.3 Å². The number of amides is 2. The normalized spacial score (nSPS) is 14.8. The Hall–Kier alpha value is -2.70. The smallest absolute Gasteiger partial charge is 0.261 e. The largest absolute Gasteiger partial charge is 0.270 e. The number of imide groups is 1. The van der Waals surface area contributed by atoms with Gasteiger partial charge in [-0.2, -0.15) is 0 Å². The van der Waals surface area contributed by atoms with Gasteiger partial charge in [0, 0.05) is 11.6 Å². The molecule has 0 atom stereocenters. The lowest BCUT2D eigenvalue weighted by molar-refractivity contribution is -0.138. The number of benzene rings is 1. The second-order valence-corrected chi connectivity index (χ2v) is 4.38. The van der Waals surface area contributed by atoms with E-state index >= 15 is 0 Å². The number of hydrogen-bond donors (Lipinski definition) is 0. The van der Waals surface area contributed by atoms with Crippen LogP contribution >= 0.6 is 0 Å². The minimum atomic E-state index is -1.66. The minimum absolute atomic E-state index is 0.0460. The van der Waals surface area contributed by atoms with Crippen LogP contribution in [0.4, 0.5) is 17.6 Å². The molecule has 1 heterocycles. The monoisotopic (exact) mass is 311 g/mol. The summed E-state index contributed by atoms with van der Waals surface area (Å²) < 4.78 is 53.6. The van der Waals surface area contributed by atoms with Gasteiger partial charge in [-0.25, -0.2) is 17.6 Å². The molecule has 1 aliphatic heterocycles. The van der Waals surface area contributed by atoms with Crippen molar-refractivity contribution in [1.82, 2.24) is 4.90 Å². The molecule has 1 aromatic carbocycles. The molecule has 7 heteroatoms. The Labute approximate surface area is 122 Å². The van der Waals surface area contributed by atoms with Crippen LogP contribution in [0.1, 0.15) is 5.56 Å². The molecule has 0 fully saturated rings. The van der Waals surface area contributed by atoms with E-state index in [0.717, 1.165) is 12.2 Å². The summed E-state index contributed by atoms with van der Waals surface area (Å²) in [5.74, 6) is -8.31. The SMILES string of the molecule is C=CC1=C(C=C)C(=O)N(Cc2c(F)c(F)cc(F)c2F)C1=O. The van der Waals surface area contributed by atoms with Crippen molar-refractivity contribution in [2.24, 2.45) is 0 Å². The predicted octanol–water partition coefficient (Wildman–Crippen LogP) is 2.78. The van der Waals surface area contributed by atoms with Crippen molar-refractivity contribution >= 4 is 11.8 Å². The van der Waals surface area contributed by atoms with Crippen LogP contribution in [0.25, 0.3) is 0 Å². The van der Waals surface area contributed by atoms with Gasteiger partial charge in [-0.1, -0.05) is 25.3 Å². The van der Waals surface area contributed by atoms with Crippen molar-refractivity contribution in [3.05, 3.63) is 71.4 Å². The Morgan fingerprint density at radius 1 is 0.909 bits per heavy atom. The van der Waals surface area contributed by atoms with E-state index in [1.165, 1.54) is 0 Å². The van der Waals surface area contributed by atoms with Gasteiger partial charge in [0.1, 0.15) is 0 Å². The summed E-state index contributed by atoms with van der Waals surface area (Å²) in [5, 5.41) is 0. The Morgan fingerprint density at radius 3 is 1.68 bits per heavy atom. The summed E-state index contributed by atoms with van der Waals surface area (Å²) in [6.45, 7) is 5.77. The third kappa shape index (κ3) is 2.24. The average molecular weight is 311 g/mol. The van der Waals surface area contributed by atoms with Gasteiger partial charge in [-0.3, -0.25) is 14.5 Å². The van der Waals surface area contributed by atoms with E-state index in [-0.39, 0.29) is 17.2 Å². The fourth-order valence-corrected chi connectivity index (χ4v) is 2.07. The molecule has 22 heavy (non-hydrogen) atoms. The number of rotatable bonds is 4. The van der Waals surface area contributed by atoms with Gasteiger partial charge in [-0.05, 0) is 0 Å². The zero-order valence-corrected chi connectivity index (χ0v) is 11.1. The first-order chi connectivity index (χ1) is 10.3. The van der Waals surface area contributed by atoms with Gasteiger partial charge in [0.25, 0.3) is 11.8 Å². The number of nitrogens with zero attached hydrogens (tertiary/aromatic N) is 1. The number of hydrogen-bond acceptors (Lipinski definition) is 2. The van der Waals surface area contributed by atoms with E-state index in [1.54, 1.807) is 0 Å². The Morgan fingerprint density at radius 2 is 1.32 bits per heavy atom. The van der Waals surface area contributed by atoms with Crippen LogP contribution in [-0.4, -0.2) is 16.7 Å². The van der Waals surface area contributed by atoms with E-state index < -0.39 is 47.2 Å². The molecular weight excluding hydrogens is 302 g/mol. The van der Waals surface area contributed by atoms with Crippen molar-refractivity contribution in [2.75, 3.05) is 0 Å². The fourth-order valence-electron chi connectivity index (χ4n) is 2.07. The molecule has 0 saturated carbocycles. The lowest BCUT2D eigenvalue weighted by atomic mass is 10.1. The van der Waals surface area contributed by atoms with Crippen LogP contribution in [0.15, 0.2) is 42.5 Å². The Kier molecular flexibility index (Phi) is 3.99. The zero-order chi connectivity index (χ0) is 16.6. The Balaban J connectivity index is 2.46. The van der Waals surface area contributed by atoms with E-state index in [1.807, 2.05) is 0 Å². The van der Waals surface area contributed by atoms with Gasteiger partial charge in [0.2, 0.25) is 0 Å². The molecule has 0 unspecified atom stereocenters. The predicted molar refractivity (Wildman–Crippen MR) is 69.3 cm³/mol. The quantitative estimate of drug-likeness (QED) is 0.487. The maximum absolute atomic E-state index is 13.6. The first-order valence-corrected chi connectivity index (χ1v) is 6.00. The summed E-state index contributed by atoms with van der Waals surface area (Å²) in [7, 11) is 0. The van der Waals surface area contributed by atoms with Crippen LogP contribution in [0.3, 0.4) is 0 Å². The number of carbonyl (C=O) groups excluding carboxylic acids is 2. The highest BCUT2D eigenvalue weighted by molar-refractivity contribution is 6.21. The van der Waals surface area contributed by atoms with E-state index in [9.17, 15) is 27.2 Å². The molecule has 0 aliphatic carbocycles. The molecule has 0 N–H and O–H groups in total. The van der Waals surface area contributed by atoms with Crippen LogP contribution in [0.5, 0.6) is 0 Å². The van der Waals surface area contributed by atoms with Crippen LogP contribution < -0.4 is 0 Å². The summed E-state index contributed by atoms with van der Waals surface area (Å²) in [6.07, 6.45) is 2.19. The van der Waals surface area contributed by atoms with Crippen LogP contribution in [-0.2, 0) is 16.1 Å². The zero-order valence-electron chi connectivity index (χ0n) is 11.1. The van der Waals surface area contributed by atoms with Gasteiger partial charge in [0.05, 0.1) is 17.7 Å². The Bertz CT molecular complexity index is 696. The standard InChI is InChI=1S/C15H9F4NO2/c1-3-7-8(4-2)15(22)20(14(7)21)6-9-12(18)10(16)5-11(17)13(9)19/h3-5H,1-2,6H2. The summed E-state index contributed by atoms with van der Waals surface area (Å²) in [6, 6.07) is 0.0460.